The van der Waals surface area contributed by atoms with Crippen LogP contribution in [-0.2, 0) is 9.59 Å². The van der Waals surface area contributed by atoms with Gasteiger partial charge in [0.25, 0.3) is 5.91 Å². The number of hydrazone groups is 1. The molecular weight excluding hydrogens is 310 g/mol. The third kappa shape index (κ3) is 3.12. The lowest BCUT2D eigenvalue weighted by molar-refractivity contribution is -0.138. The molecule has 2 atom stereocenters. The van der Waals surface area contributed by atoms with Gasteiger partial charge in [-0.2, -0.15) is 10.2 Å². The summed E-state index contributed by atoms with van der Waals surface area (Å²) in [5.74, 6) is -1.40. The minimum atomic E-state index is -1.02. The third-order valence-corrected chi connectivity index (χ3v) is 3.85. The predicted octanol–water partition coefficient (Wildman–Crippen LogP) is 1.31. The number of nitrogens with one attached hydrogen (secondary N) is 2. The number of hydrogen-bond donors (Lipinski definition) is 3. The van der Waals surface area contributed by atoms with Gasteiger partial charge in [0.15, 0.2) is 6.04 Å². The first kappa shape index (κ1) is 15.7. The van der Waals surface area contributed by atoms with Crippen molar-refractivity contribution in [3.05, 3.63) is 48.3 Å². The molecular formula is C16H17N5O3. The first-order chi connectivity index (χ1) is 11.6. The molecule has 8 nitrogen and oxygen atoms in total. The van der Waals surface area contributed by atoms with Crippen molar-refractivity contribution in [2.24, 2.45) is 5.10 Å². The molecule has 1 aromatic heterocycles. The van der Waals surface area contributed by atoms with Gasteiger partial charge in [0.1, 0.15) is 5.71 Å². The van der Waals surface area contributed by atoms with E-state index in [1.165, 1.54) is 5.01 Å². The van der Waals surface area contributed by atoms with Gasteiger partial charge in [-0.1, -0.05) is 18.2 Å². The van der Waals surface area contributed by atoms with Crippen molar-refractivity contribution in [1.82, 2.24) is 15.5 Å². The van der Waals surface area contributed by atoms with Gasteiger partial charge in [-0.15, -0.1) is 0 Å². The maximum Gasteiger partial charge on any atom is 0.328 e. The second-order valence-corrected chi connectivity index (χ2v) is 5.51. The van der Waals surface area contributed by atoms with Crippen molar-refractivity contribution < 1.29 is 14.7 Å². The Hall–Kier alpha value is -3.16. The highest BCUT2D eigenvalue weighted by atomic mass is 16.4. The minimum Gasteiger partial charge on any atom is -0.480 e. The Kier molecular flexibility index (Phi) is 4.28. The molecule has 0 spiro atoms. The number of nitrogens with zero attached hydrogens (tertiary/aromatic N) is 3. The fourth-order valence-electron chi connectivity index (χ4n) is 2.52. The highest BCUT2D eigenvalue weighted by Gasteiger charge is 2.36. The number of para-hydroxylation sites is 1. The maximum absolute atomic E-state index is 12.4. The topological polar surface area (TPSA) is 111 Å². The molecule has 3 N–H and O–H groups in total. The summed E-state index contributed by atoms with van der Waals surface area (Å²) in [4.78, 5) is 23.9. The average molecular weight is 327 g/mol. The predicted molar refractivity (Wildman–Crippen MR) is 87.5 cm³/mol. The number of benzene rings is 1. The van der Waals surface area contributed by atoms with Crippen LogP contribution in [0.2, 0.25) is 0 Å². The molecule has 124 valence electrons. The zero-order valence-corrected chi connectivity index (χ0v) is 13.0. The molecule has 0 aliphatic carbocycles. The van der Waals surface area contributed by atoms with Crippen molar-refractivity contribution in [1.29, 1.82) is 0 Å². The van der Waals surface area contributed by atoms with E-state index in [0.717, 1.165) is 5.56 Å². The van der Waals surface area contributed by atoms with Gasteiger partial charge in [0, 0.05) is 18.2 Å². The van der Waals surface area contributed by atoms with E-state index < -0.39 is 12.0 Å². The number of amides is 1. The van der Waals surface area contributed by atoms with Gasteiger partial charge in [0.2, 0.25) is 0 Å². The van der Waals surface area contributed by atoms with Crippen LogP contribution in [0.1, 0.15) is 24.9 Å². The van der Waals surface area contributed by atoms with Crippen LogP contribution in [-0.4, -0.2) is 38.9 Å². The number of aromatic amines is 1. The third-order valence-electron chi connectivity index (χ3n) is 3.85. The molecule has 2 heterocycles. The minimum absolute atomic E-state index is 0.0498. The van der Waals surface area contributed by atoms with Gasteiger partial charge in [-0.25, -0.2) is 4.79 Å². The Labute approximate surface area is 138 Å². The summed E-state index contributed by atoms with van der Waals surface area (Å²) in [7, 11) is 0. The number of anilines is 1. The molecule has 0 radical (unpaired) electrons. The molecule has 2 aromatic rings. The number of carboxylic acid groups (broad SMARTS) is 1. The molecule has 0 saturated heterocycles. The van der Waals surface area contributed by atoms with E-state index in [-0.39, 0.29) is 24.1 Å². The zero-order chi connectivity index (χ0) is 17.1. The normalized spacial score (nSPS) is 18.1. The molecule has 1 aliphatic heterocycles. The largest absolute Gasteiger partial charge is 0.480 e. The lowest BCUT2D eigenvalue weighted by atomic mass is 10.1. The fourth-order valence-corrected chi connectivity index (χ4v) is 2.52. The summed E-state index contributed by atoms with van der Waals surface area (Å²) in [6.45, 7) is 1.82. The molecule has 1 aliphatic rings. The SMILES string of the molecule is CC(NC(=O)C1=NN(c2ccccc2)C(C(=O)O)C1)c1cn[nH]c1. The Morgan fingerprint density at radius 3 is 2.75 bits per heavy atom. The average Bonchev–Trinajstić information content (AvgIpc) is 3.25. The standard InChI is InChI=1S/C16H17N5O3/c1-10(11-8-17-18-9-11)19-15(22)13-7-14(16(23)24)21(20-13)12-5-3-2-4-6-12/h2-6,8-10,14H,7H2,1H3,(H,17,18)(H,19,22)(H,23,24). The first-order valence-electron chi connectivity index (χ1n) is 7.50. The number of carbonyl (C=O) groups is 2. The van der Waals surface area contributed by atoms with Crippen molar-refractivity contribution in [3.8, 4) is 0 Å². The van der Waals surface area contributed by atoms with Crippen LogP contribution in [0.4, 0.5) is 5.69 Å². The van der Waals surface area contributed by atoms with E-state index in [0.29, 0.717) is 5.69 Å². The number of aliphatic carboxylic acids is 1. The summed E-state index contributed by atoms with van der Waals surface area (Å²) < 4.78 is 0. The summed E-state index contributed by atoms with van der Waals surface area (Å²) in [5, 5.41) is 24.4. The highest BCUT2D eigenvalue weighted by molar-refractivity contribution is 6.40. The van der Waals surface area contributed by atoms with E-state index in [2.05, 4.69) is 20.6 Å². The Morgan fingerprint density at radius 1 is 1.38 bits per heavy atom. The van der Waals surface area contributed by atoms with Gasteiger partial charge >= 0.3 is 5.97 Å². The molecule has 3 rings (SSSR count). The van der Waals surface area contributed by atoms with Gasteiger partial charge < -0.3 is 10.4 Å². The monoisotopic (exact) mass is 327 g/mol. The van der Waals surface area contributed by atoms with E-state index >= 15 is 0 Å². The molecule has 8 heteroatoms. The van der Waals surface area contributed by atoms with Crippen LogP contribution >= 0.6 is 0 Å². The van der Waals surface area contributed by atoms with Crippen LogP contribution in [0.5, 0.6) is 0 Å². The van der Waals surface area contributed by atoms with Crippen LogP contribution < -0.4 is 10.3 Å². The number of carbonyl (C=O) groups excluding carboxylic acids is 1. The Balaban J connectivity index is 1.78. The summed E-state index contributed by atoms with van der Waals surface area (Å²) in [6.07, 6.45) is 3.36. The quantitative estimate of drug-likeness (QED) is 0.767. The molecule has 1 amide bonds. The van der Waals surface area contributed by atoms with Gasteiger partial charge in [-0.3, -0.25) is 14.9 Å². The van der Waals surface area contributed by atoms with E-state index in [9.17, 15) is 14.7 Å². The molecule has 2 unspecified atom stereocenters. The lowest BCUT2D eigenvalue weighted by Crippen LogP contribution is -2.36. The van der Waals surface area contributed by atoms with Crippen LogP contribution in [0.3, 0.4) is 0 Å². The van der Waals surface area contributed by atoms with E-state index in [1.807, 2.05) is 13.0 Å². The van der Waals surface area contributed by atoms with Crippen LogP contribution in [0.25, 0.3) is 0 Å². The second-order valence-electron chi connectivity index (χ2n) is 5.51. The lowest BCUT2D eigenvalue weighted by Gasteiger charge is -2.19. The van der Waals surface area contributed by atoms with Crippen LogP contribution in [0, 0.1) is 0 Å². The second kappa shape index (κ2) is 6.53. The first-order valence-corrected chi connectivity index (χ1v) is 7.50. The molecule has 24 heavy (non-hydrogen) atoms. The number of carboxylic acids is 1. The smallest absolute Gasteiger partial charge is 0.328 e. The number of aromatic nitrogens is 2. The maximum atomic E-state index is 12.4. The number of rotatable bonds is 5. The Morgan fingerprint density at radius 2 is 2.12 bits per heavy atom. The molecule has 0 bridgehead atoms. The van der Waals surface area contributed by atoms with E-state index in [1.54, 1.807) is 36.7 Å². The fraction of sp³-hybridized carbons (Fsp3) is 0.250. The van der Waals surface area contributed by atoms with E-state index in [4.69, 9.17) is 0 Å². The van der Waals surface area contributed by atoms with Crippen molar-refractivity contribution >= 4 is 23.3 Å². The Bertz CT molecular complexity index is 757. The van der Waals surface area contributed by atoms with Gasteiger partial charge in [-0.05, 0) is 19.1 Å². The number of H-pyrrole nitrogens is 1. The summed E-state index contributed by atoms with van der Waals surface area (Å²) in [6, 6.07) is 7.79. The van der Waals surface area contributed by atoms with Crippen molar-refractivity contribution in [2.75, 3.05) is 5.01 Å². The van der Waals surface area contributed by atoms with Crippen molar-refractivity contribution in [2.45, 2.75) is 25.4 Å². The molecule has 0 fully saturated rings. The van der Waals surface area contributed by atoms with Crippen molar-refractivity contribution in [3.63, 3.8) is 0 Å². The number of hydrogen-bond acceptors (Lipinski definition) is 5. The molecule has 1 aromatic carbocycles. The zero-order valence-electron chi connectivity index (χ0n) is 13.0. The van der Waals surface area contributed by atoms with Gasteiger partial charge in [0.05, 0.1) is 17.9 Å². The molecule has 0 saturated carbocycles. The summed E-state index contributed by atoms with van der Waals surface area (Å²) >= 11 is 0. The summed E-state index contributed by atoms with van der Waals surface area (Å²) in [5.41, 5.74) is 1.66. The van der Waals surface area contributed by atoms with Crippen LogP contribution in [0.15, 0.2) is 47.8 Å². The highest BCUT2D eigenvalue weighted by Crippen LogP contribution is 2.25.